The van der Waals surface area contributed by atoms with E-state index in [1.54, 1.807) is 0 Å². The molecule has 106 valence electrons. The Kier molecular flexibility index (Phi) is 3.83. The van der Waals surface area contributed by atoms with Crippen LogP contribution in [0.3, 0.4) is 0 Å². The van der Waals surface area contributed by atoms with Crippen LogP contribution in [0.15, 0.2) is 24.3 Å². The van der Waals surface area contributed by atoms with Gasteiger partial charge < -0.3 is 5.11 Å². The third-order valence-electron chi connectivity index (χ3n) is 4.26. The maximum atomic E-state index is 9.56. The van der Waals surface area contributed by atoms with Crippen LogP contribution in [0.1, 0.15) is 55.0 Å². The molecule has 1 aliphatic carbocycles. The van der Waals surface area contributed by atoms with Gasteiger partial charge in [0.05, 0.1) is 18.0 Å². The Labute approximate surface area is 119 Å². The molecule has 0 spiro atoms. The van der Waals surface area contributed by atoms with E-state index in [9.17, 15) is 5.11 Å². The van der Waals surface area contributed by atoms with E-state index in [4.69, 9.17) is 0 Å². The Morgan fingerprint density at radius 3 is 2.65 bits per heavy atom. The van der Waals surface area contributed by atoms with Crippen LogP contribution >= 0.6 is 0 Å². The summed E-state index contributed by atoms with van der Waals surface area (Å²) in [5, 5.41) is 18.1. The van der Waals surface area contributed by atoms with Gasteiger partial charge in [-0.05, 0) is 31.4 Å². The van der Waals surface area contributed by atoms with E-state index in [2.05, 4.69) is 29.4 Å². The van der Waals surface area contributed by atoms with Crippen LogP contribution in [0.4, 0.5) is 0 Å². The van der Waals surface area contributed by atoms with E-state index in [0.29, 0.717) is 5.92 Å². The molecule has 1 fully saturated rings. The summed E-state index contributed by atoms with van der Waals surface area (Å²) in [6, 6.07) is 8.20. The maximum absolute atomic E-state index is 9.56. The van der Waals surface area contributed by atoms with Gasteiger partial charge >= 0.3 is 0 Å². The van der Waals surface area contributed by atoms with E-state index >= 15 is 0 Å². The fraction of sp³-hybridized carbons (Fsp3) is 0.500. The molecule has 0 radical (unpaired) electrons. The van der Waals surface area contributed by atoms with Crippen molar-refractivity contribution in [1.29, 1.82) is 0 Å². The molecule has 0 amide bonds. The van der Waals surface area contributed by atoms with Crippen LogP contribution in [-0.4, -0.2) is 20.1 Å². The standard InChI is InChI=1S/C16H21N3O/c1-12-7-5-6-10-15(12)19-16(14(11-20)17-18-19)13-8-3-2-4-9-13/h5-7,10,13,20H,2-4,8-9,11H2,1H3. The summed E-state index contributed by atoms with van der Waals surface area (Å²) in [4.78, 5) is 0. The first kappa shape index (κ1) is 13.3. The van der Waals surface area contributed by atoms with Gasteiger partial charge in [0.15, 0.2) is 0 Å². The van der Waals surface area contributed by atoms with Crippen molar-refractivity contribution < 1.29 is 5.11 Å². The number of aromatic nitrogens is 3. The number of nitrogens with zero attached hydrogens (tertiary/aromatic N) is 3. The second-order valence-electron chi connectivity index (χ2n) is 5.61. The summed E-state index contributed by atoms with van der Waals surface area (Å²) in [6.07, 6.45) is 6.18. The van der Waals surface area contributed by atoms with Gasteiger partial charge in [0.25, 0.3) is 0 Å². The van der Waals surface area contributed by atoms with Gasteiger partial charge in [-0.15, -0.1) is 5.10 Å². The Morgan fingerprint density at radius 1 is 1.20 bits per heavy atom. The number of aliphatic hydroxyl groups excluding tert-OH is 1. The highest BCUT2D eigenvalue weighted by Crippen LogP contribution is 2.35. The van der Waals surface area contributed by atoms with Crippen molar-refractivity contribution in [2.45, 2.75) is 51.6 Å². The van der Waals surface area contributed by atoms with Gasteiger partial charge in [-0.25, -0.2) is 4.68 Å². The molecule has 20 heavy (non-hydrogen) atoms. The second kappa shape index (κ2) is 5.75. The van der Waals surface area contributed by atoms with Crippen molar-refractivity contribution in [3.05, 3.63) is 41.2 Å². The van der Waals surface area contributed by atoms with Crippen molar-refractivity contribution in [3.8, 4) is 5.69 Å². The summed E-state index contributed by atoms with van der Waals surface area (Å²) in [5.41, 5.74) is 4.10. The number of aliphatic hydroxyl groups is 1. The van der Waals surface area contributed by atoms with Crippen molar-refractivity contribution in [2.24, 2.45) is 0 Å². The van der Waals surface area contributed by atoms with Crippen molar-refractivity contribution >= 4 is 0 Å². The number of rotatable bonds is 3. The van der Waals surface area contributed by atoms with Crippen LogP contribution in [0.5, 0.6) is 0 Å². The van der Waals surface area contributed by atoms with Gasteiger partial charge in [0, 0.05) is 5.92 Å². The molecule has 1 saturated carbocycles. The molecule has 0 aliphatic heterocycles. The zero-order chi connectivity index (χ0) is 13.9. The van der Waals surface area contributed by atoms with Gasteiger partial charge in [-0.2, -0.15) is 0 Å². The Hall–Kier alpha value is -1.68. The number of hydrogen-bond donors (Lipinski definition) is 1. The number of benzene rings is 1. The highest BCUT2D eigenvalue weighted by atomic mass is 16.3. The summed E-state index contributed by atoms with van der Waals surface area (Å²) in [5.74, 6) is 0.473. The topological polar surface area (TPSA) is 50.9 Å². The third kappa shape index (κ3) is 2.36. The predicted octanol–water partition coefficient (Wildman–Crippen LogP) is 3.12. The summed E-state index contributed by atoms with van der Waals surface area (Å²) >= 11 is 0. The number of aryl methyl sites for hydroxylation is 1. The quantitative estimate of drug-likeness (QED) is 0.933. The third-order valence-corrected chi connectivity index (χ3v) is 4.26. The van der Waals surface area contributed by atoms with E-state index in [1.807, 2.05) is 16.8 Å². The van der Waals surface area contributed by atoms with Crippen molar-refractivity contribution in [3.63, 3.8) is 0 Å². The van der Waals surface area contributed by atoms with Gasteiger partial charge in [0.1, 0.15) is 5.69 Å². The average molecular weight is 271 g/mol. The molecule has 0 unspecified atom stereocenters. The van der Waals surface area contributed by atoms with Crippen LogP contribution in [0.25, 0.3) is 5.69 Å². The largest absolute Gasteiger partial charge is 0.390 e. The van der Waals surface area contributed by atoms with E-state index < -0.39 is 0 Å². The Morgan fingerprint density at radius 2 is 1.95 bits per heavy atom. The molecule has 4 nitrogen and oxygen atoms in total. The minimum absolute atomic E-state index is 0.0300. The molecule has 1 N–H and O–H groups in total. The van der Waals surface area contributed by atoms with Crippen LogP contribution in [0.2, 0.25) is 0 Å². The summed E-state index contributed by atoms with van der Waals surface area (Å²) in [7, 11) is 0. The zero-order valence-corrected chi connectivity index (χ0v) is 11.9. The van der Waals surface area contributed by atoms with Crippen LogP contribution in [-0.2, 0) is 6.61 Å². The number of para-hydroxylation sites is 1. The highest BCUT2D eigenvalue weighted by Gasteiger charge is 2.25. The van der Waals surface area contributed by atoms with Gasteiger partial charge in [-0.3, -0.25) is 0 Å². The average Bonchev–Trinajstić information content (AvgIpc) is 2.92. The summed E-state index contributed by atoms with van der Waals surface area (Å²) < 4.78 is 1.94. The molecule has 2 aromatic rings. The SMILES string of the molecule is Cc1ccccc1-n1nnc(CO)c1C1CCCCC1. The first-order valence-electron chi connectivity index (χ1n) is 7.42. The fourth-order valence-electron chi connectivity index (χ4n) is 3.20. The molecule has 0 atom stereocenters. The minimum atomic E-state index is -0.0300. The predicted molar refractivity (Wildman–Crippen MR) is 77.8 cm³/mol. The van der Waals surface area contributed by atoms with E-state index in [0.717, 1.165) is 17.1 Å². The molecule has 0 saturated heterocycles. The molecular formula is C16H21N3O. The smallest absolute Gasteiger partial charge is 0.112 e. The molecule has 3 rings (SSSR count). The Balaban J connectivity index is 2.07. The normalized spacial score (nSPS) is 16.5. The van der Waals surface area contributed by atoms with Crippen LogP contribution in [0, 0.1) is 6.92 Å². The molecule has 1 aliphatic rings. The fourth-order valence-corrected chi connectivity index (χ4v) is 3.20. The van der Waals surface area contributed by atoms with Crippen molar-refractivity contribution in [2.75, 3.05) is 0 Å². The maximum Gasteiger partial charge on any atom is 0.112 e. The van der Waals surface area contributed by atoms with Gasteiger partial charge in [0.2, 0.25) is 0 Å². The monoisotopic (exact) mass is 271 g/mol. The lowest BCUT2D eigenvalue weighted by molar-refractivity contribution is 0.273. The lowest BCUT2D eigenvalue weighted by Crippen LogP contribution is -2.13. The first-order valence-corrected chi connectivity index (χ1v) is 7.42. The van der Waals surface area contributed by atoms with Gasteiger partial charge in [-0.1, -0.05) is 42.7 Å². The first-order chi connectivity index (χ1) is 9.81. The molecule has 1 heterocycles. The summed E-state index contributed by atoms with van der Waals surface area (Å²) in [6.45, 7) is 2.05. The lowest BCUT2D eigenvalue weighted by Gasteiger charge is -2.23. The molecule has 0 bridgehead atoms. The molecule has 1 aromatic carbocycles. The Bertz CT molecular complexity index is 585. The lowest BCUT2D eigenvalue weighted by atomic mass is 9.86. The van der Waals surface area contributed by atoms with Crippen LogP contribution < -0.4 is 0 Å². The minimum Gasteiger partial charge on any atom is -0.390 e. The highest BCUT2D eigenvalue weighted by molar-refractivity contribution is 5.41. The second-order valence-corrected chi connectivity index (χ2v) is 5.61. The molecule has 4 heteroatoms. The zero-order valence-electron chi connectivity index (χ0n) is 11.9. The van der Waals surface area contributed by atoms with E-state index in [-0.39, 0.29) is 6.61 Å². The van der Waals surface area contributed by atoms with E-state index in [1.165, 1.54) is 37.7 Å². The molecule has 1 aromatic heterocycles. The van der Waals surface area contributed by atoms with Crippen molar-refractivity contribution in [1.82, 2.24) is 15.0 Å². The number of hydrogen-bond acceptors (Lipinski definition) is 3. The molecular weight excluding hydrogens is 250 g/mol.